The van der Waals surface area contributed by atoms with Gasteiger partial charge in [0.1, 0.15) is 0 Å². The number of aliphatic hydroxyl groups excluding tert-OH is 1. The number of hydrogen-bond acceptors (Lipinski definition) is 4. The van der Waals surface area contributed by atoms with Crippen LogP contribution >= 0.6 is 0 Å². The van der Waals surface area contributed by atoms with Crippen LogP contribution in [-0.2, 0) is 9.47 Å². The van der Waals surface area contributed by atoms with Gasteiger partial charge in [-0.05, 0) is 13.3 Å². The van der Waals surface area contributed by atoms with Crippen molar-refractivity contribution < 1.29 is 27.8 Å². The van der Waals surface area contributed by atoms with Crippen molar-refractivity contribution in [3.8, 4) is 0 Å². The molecule has 0 heterocycles. The Kier molecular flexibility index (Phi) is 11.1. The Hall–Kier alpha value is -0.370. The largest absolute Gasteiger partial charge is 0.390 e. The van der Waals surface area contributed by atoms with Crippen molar-refractivity contribution in [1.29, 1.82) is 0 Å². The van der Waals surface area contributed by atoms with Crippen LogP contribution in [0.25, 0.3) is 0 Å². The summed E-state index contributed by atoms with van der Waals surface area (Å²) in [4.78, 5) is 0. The molecule has 0 aromatic heterocycles. The van der Waals surface area contributed by atoms with Crippen LogP contribution in [-0.4, -0.2) is 56.4 Å². The highest BCUT2D eigenvalue weighted by atomic mass is 19.4. The summed E-state index contributed by atoms with van der Waals surface area (Å²) in [7, 11) is 0. The number of halogens is 3. The maximum Gasteiger partial charge on any atom is 0.390 e. The van der Waals surface area contributed by atoms with Gasteiger partial charge in [0.15, 0.2) is 0 Å². The highest BCUT2D eigenvalue weighted by molar-refractivity contribution is 4.68. The fourth-order valence-electron chi connectivity index (χ4n) is 1.50. The van der Waals surface area contributed by atoms with Crippen LogP contribution < -0.4 is 5.32 Å². The number of hydrogen-bond donors (Lipinski definition) is 2. The SMILES string of the molecule is CCCCOCCOCC(O)CNC(C)CC(F)(F)F. The molecule has 0 aliphatic carbocycles. The molecule has 0 aromatic carbocycles. The zero-order chi connectivity index (χ0) is 15.4. The summed E-state index contributed by atoms with van der Waals surface area (Å²) in [5.41, 5.74) is 0. The minimum Gasteiger partial charge on any atom is -0.389 e. The van der Waals surface area contributed by atoms with E-state index in [0.717, 1.165) is 12.8 Å². The Labute approximate surface area is 118 Å². The molecule has 0 bridgehead atoms. The van der Waals surface area contributed by atoms with Gasteiger partial charge in [-0.15, -0.1) is 0 Å². The minimum absolute atomic E-state index is 0.0773. The number of alkyl halides is 3. The lowest BCUT2D eigenvalue weighted by Gasteiger charge is -2.18. The van der Waals surface area contributed by atoms with Gasteiger partial charge in [-0.3, -0.25) is 0 Å². The summed E-state index contributed by atoms with van der Waals surface area (Å²) in [6.45, 7) is 5.20. The molecular weight excluding hydrogens is 275 g/mol. The van der Waals surface area contributed by atoms with Gasteiger partial charge in [0.25, 0.3) is 0 Å². The lowest BCUT2D eigenvalue weighted by Crippen LogP contribution is -2.38. The summed E-state index contributed by atoms with van der Waals surface area (Å²) in [5, 5.41) is 12.2. The Morgan fingerprint density at radius 2 is 1.80 bits per heavy atom. The van der Waals surface area contributed by atoms with Crippen molar-refractivity contribution in [2.45, 2.75) is 51.4 Å². The Morgan fingerprint density at radius 1 is 1.15 bits per heavy atom. The van der Waals surface area contributed by atoms with Gasteiger partial charge in [-0.1, -0.05) is 13.3 Å². The monoisotopic (exact) mass is 301 g/mol. The Balaban J connectivity index is 3.43. The van der Waals surface area contributed by atoms with Gasteiger partial charge in [-0.25, -0.2) is 0 Å². The molecule has 7 heteroatoms. The molecule has 0 fully saturated rings. The zero-order valence-corrected chi connectivity index (χ0v) is 12.2. The van der Waals surface area contributed by atoms with E-state index < -0.39 is 24.7 Å². The molecule has 2 unspecified atom stereocenters. The number of nitrogens with one attached hydrogen (secondary N) is 1. The first-order valence-electron chi connectivity index (χ1n) is 6.98. The number of aliphatic hydroxyl groups is 1. The second-order valence-corrected chi connectivity index (χ2v) is 4.82. The summed E-state index contributed by atoms with van der Waals surface area (Å²) in [6.07, 6.45) is -3.85. The summed E-state index contributed by atoms with van der Waals surface area (Å²) in [6, 6.07) is -0.720. The van der Waals surface area contributed by atoms with E-state index in [1.165, 1.54) is 6.92 Å². The van der Waals surface area contributed by atoms with E-state index in [0.29, 0.717) is 19.8 Å². The maximum atomic E-state index is 12.1. The molecule has 2 N–H and O–H groups in total. The first-order chi connectivity index (χ1) is 9.35. The van der Waals surface area contributed by atoms with Crippen LogP contribution in [0, 0.1) is 0 Å². The van der Waals surface area contributed by atoms with E-state index >= 15 is 0 Å². The molecular formula is C13H26F3NO3. The molecule has 122 valence electrons. The zero-order valence-electron chi connectivity index (χ0n) is 12.2. The first-order valence-corrected chi connectivity index (χ1v) is 6.98. The third kappa shape index (κ3) is 14.0. The predicted molar refractivity (Wildman–Crippen MR) is 70.7 cm³/mol. The normalized spacial score (nSPS) is 15.3. The summed E-state index contributed by atoms with van der Waals surface area (Å²) in [5.74, 6) is 0. The van der Waals surface area contributed by atoms with Crippen molar-refractivity contribution in [3.05, 3.63) is 0 Å². The Bertz CT molecular complexity index is 227. The maximum absolute atomic E-state index is 12.1. The highest BCUT2D eigenvalue weighted by Gasteiger charge is 2.29. The van der Waals surface area contributed by atoms with E-state index in [9.17, 15) is 18.3 Å². The van der Waals surface area contributed by atoms with E-state index in [1.807, 2.05) is 0 Å². The van der Waals surface area contributed by atoms with E-state index in [1.54, 1.807) is 0 Å². The van der Waals surface area contributed by atoms with Gasteiger partial charge in [0.2, 0.25) is 0 Å². The van der Waals surface area contributed by atoms with Crippen molar-refractivity contribution in [2.24, 2.45) is 0 Å². The predicted octanol–water partition coefficient (Wildman–Crippen LogP) is 2.11. The minimum atomic E-state index is -4.19. The fourth-order valence-corrected chi connectivity index (χ4v) is 1.50. The molecule has 0 aliphatic heterocycles. The van der Waals surface area contributed by atoms with Crippen LogP contribution in [0.15, 0.2) is 0 Å². The van der Waals surface area contributed by atoms with Gasteiger partial charge < -0.3 is 19.9 Å². The smallest absolute Gasteiger partial charge is 0.389 e. The average Bonchev–Trinajstić information content (AvgIpc) is 2.33. The Morgan fingerprint density at radius 3 is 2.40 bits per heavy atom. The van der Waals surface area contributed by atoms with E-state index in [4.69, 9.17) is 9.47 Å². The molecule has 0 spiro atoms. The van der Waals surface area contributed by atoms with Crippen LogP contribution in [0.4, 0.5) is 13.2 Å². The third-order valence-corrected chi connectivity index (χ3v) is 2.56. The molecule has 0 rings (SSSR count). The molecule has 0 amide bonds. The molecule has 2 atom stereocenters. The van der Waals surface area contributed by atoms with Gasteiger partial charge in [0, 0.05) is 19.2 Å². The third-order valence-electron chi connectivity index (χ3n) is 2.56. The number of ether oxygens (including phenoxy) is 2. The lowest BCUT2D eigenvalue weighted by molar-refractivity contribution is -0.139. The molecule has 20 heavy (non-hydrogen) atoms. The molecule has 0 radical (unpaired) electrons. The fraction of sp³-hybridized carbons (Fsp3) is 1.00. The topological polar surface area (TPSA) is 50.7 Å². The van der Waals surface area contributed by atoms with Gasteiger partial charge >= 0.3 is 6.18 Å². The highest BCUT2D eigenvalue weighted by Crippen LogP contribution is 2.21. The molecule has 0 saturated heterocycles. The number of rotatable bonds is 12. The first kappa shape index (κ1) is 19.6. The van der Waals surface area contributed by atoms with Crippen molar-refractivity contribution in [2.75, 3.05) is 33.0 Å². The molecule has 0 aromatic rings. The molecule has 0 saturated carbocycles. The van der Waals surface area contributed by atoms with Gasteiger partial charge in [0.05, 0.1) is 32.3 Å². The van der Waals surface area contributed by atoms with Crippen LogP contribution in [0.5, 0.6) is 0 Å². The second kappa shape index (κ2) is 11.3. The van der Waals surface area contributed by atoms with Crippen molar-refractivity contribution in [1.82, 2.24) is 5.32 Å². The lowest BCUT2D eigenvalue weighted by atomic mass is 10.2. The standard InChI is InChI=1S/C13H26F3NO3/c1-3-4-5-19-6-7-20-10-12(18)9-17-11(2)8-13(14,15)16/h11-12,17-18H,3-10H2,1-2H3. The average molecular weight is 301 g/mol. The number of unbranched alkanes of at least 4 members (excludes halogenated alkanes) is 1. The van der Waals surface area contributed by atoms with Crippen LogP contribution in [0.3, 0.4) is 0 Å². The van der Waals surface area contributed by atoms with Crippen LogP contribution in [0.2, 0.25) is 0 Å². The van der Waals surface area contributed by atoms with Crippen LogP contribution in [0.1, 0.15) is 33.1 Å². The summed E-state index contributed by atoms with van der Waals surface area (Å²) < 4.78 is 46.6. The quantitative estimate of drug-likeness (QED) is 0.542. The van der Waals surface area contributed by atoms with Crippen molar-refractivity contribution >= 4 is 0 Å². The second-order valence-electron chi connectivity index (χ2n) is 4.82. The summed E-state index contributed by atoms with van der Waals surface area (Å²) >= 11 is 0. The van der Waals surface area contributed by atoms with Crippen molar-refractivity contribution in [3.63, 3.8) is 0 Å². The van der Waals surface area contributed by atoms with Gasteiger partial charge in [-0.2, -0.15) is 13.2 Å². The molecule has 0 aliphatic rings. The van der Waals surface area contributed by atoms with E-state index in [2.05, 4.69) is 12.2 Å². The molecule has 4 nitrogen and oxygen atoms in total. The van der Waals surface area contributed by atoms with E-state index in [-0.39, 0.29) is 13.2 Å².